The summed E-state index contributed by atoms with van der Waals surface area (Å²) in [5.41, 5.74) is -0.509. The van der Waals surface area contributed by atoms with E-state index in [0.29, 0.717) is 4.90 Å². The Morgan fingerprint density at radius 3 is 2.45 bits per heavy atom. The molecule has 1 N–H and O–H groups in total. The standard InChI is InChI=1S/C13H12F2N2O3/c1-6(2)9-11(18)16-13(20)17(12(9)19)8-5-3-4-7(14)10(8)15/h3-6,9H,1-2H3,(H,16,18,20). The second-order valence-electron chi connectivity index (χ2n) is 4.76. The van der Waals surface area contributed by atoms with Gasteiger partial charge in [0.1, 0.15) is 5.92 Å². The summed E-state index contributed by atoms with van der Waals surface area (Å²) in [6.07, 6.45) is 0. The van der Waals surface area contributed by atoms with Crippen molar-refractivity contribution in [3.63, 3.8) is 0 Å². The van der Waals surface area contributed by atoms with Gasteiger partial charge in [-0.25, -0.2) is 18.5 Å². The molecular weight excluding hydrogens is 270 g/mol. The number of hydrogen-bond donors (Lipinski definition) is 1. The Kier molecular flexibility index (Phi) is 3.52. The van der Waals surface area contributed by atoms with Gasteiger partial charge in [-0.2, -0.15) is 0 Å². The SMILES string of the molecule is CC(C)C1C(=O)NC(=O)N(c2cccc(F)c2F)C1=O. The highest BCUT2D eigenvalue weighted by Crippen LogP contribution is 2.27. The molecule has 1 aromatic rings. The van der Waals surface area contributed by atoms with Gasteiger partial charge in [0.2, 0.25) is 11.8 Å². The first-order valence-corrected chi connectivity index (χ1v) is 5.97. The number of anilines is 1. The molecule has 0 saturated carbocycles. The van der Waals surface area contributed by atoms with Crippen LogP contribution < -0.4 is 10.2 Å². The zero-order valence-corrected chi connectivity index (χ0v) is 10.8. The molecule has 0 aromatic heterocycles. The van der Waals surface area contributed by atoms with Crippen molar-refractivity contribution in [2.75, 3.05) is 4.90 Å². The summed E-state index contributed by atoms with van der Waals surface area (Å²) in [6.45, 7) is 3.25. The molecule has 1 saturated heterocycles. The van der Waals surface area contributed by atoms with Crippen LogP contribution in [0.3, 0.4) is 0 Å². The third-order valence-corrected chi connectivity index (χ3v) is 3.04. The number of carbonyl (C=O) groups excluding carboxylic acids is 3. The van der Waals surface area contributed by atoms with Crippen molar-refractivity contribution in [1.82, 2.24) is 5.32 Å². The van der Waals surface area contributed by atoms with Gasteiger partial charge >= 0.3 is 6.03 Å². The number of hydrogen-bond acceptors (Lipinski definition) is 3. The molecule has 0 spiro atoms. The smallest absolute Gasteiger partial charge is 0.277 e. The van der Waals surface area contributed by atoms with E-state index in [1.54, 1.807) is 13.8 Å². The van der Waals surface area contributed by atoms with Crippen LogP contribution in [-0.2, 0) is 9.59 Å². The first kappa shape index (κ1) is 14.1. The molecule has 1 unspecified atom stereocenters. The minimum absolute atomic E-state index is 0.380. The molecule has 20 heavy (non-hydrogen) atoms. The second-order valence-corrected chi connectivity index (χ2v) is 4.76. The van der Waals surface area contributed by atoms with Crippen molar-refractivity contribution in [1.29, 1.82) is 0 Å². The van der Waals surface area contributed by atoms with E-state index in [4.69, 9.17) is 0 Å². The molecule has 1 aliphatic heterocycles. The summed E-state index contributed by atoms with van der Waals surface area (Å²) in [4.78, 5) is 36.0. The highest BCUT2D eigenvalue weighted by atomic mass is 19.2. The number of rotatable bonds is 2. The number of barbiturate groups is 1. The van der Waals surface area contributed by atoms with Crippen LogP contribution in [0.1, 0.15) is 13.8 Å². The van der Waals surface area contributed by atoms with E-state index < -0.39 is 41.1 Å². The molecule has 2 rings (SSSR count). The van der Waals surface area contributed by atoms with Crippen molar-refractivity contribution in [2.24, 2.45) is 11.8 Å². The third kappa shape index (κ3) is 2.15. The van der Waals surface area contributed by atoms with Crippen LogP contribution in [0, 0.1) is 23.5 Å². The molecule has 0 aliphatic carbocycles. The van der Waals surface area contributed by atoms with E-state index in [2.05, 4.69) is 0 Å². The van der Waals surface area contributed by atoms with Crippen LogP contribution in [0.15, 0.2) is 18.2 Å². The summed E-state index contributed by atoms with van der Waals surface area (Å²) < 4.78 is 26.9. The Morgan fingerprint density at radius 2 is 1.85 bits per heavy atom. The van der Waals surface area contributed by atoms with E-state index in [1.165, 1.54) is 6.07 Å². The zero-order valence-electron chi connectivity index (χ0n) is 10.8. The highest BCUT2D eigenvalue weighted by Gasteiger charge is 2.43. The molecule has 0 bridgehead atoms. The Morgan fingerprint density at radius 1 is 1.20 bits per heavy atom. The fourth-order valence-corrected chi connectivity index (χ4v) is 2.07. The fourth-order valence-electron chi connectivity index (χ4n) is 2.07. The lowest BCUT2D eigenvalue weighted by atomic mass is 9.92. The van der Waals surface area contributed by atoms with Crippen LogP contribution >= 0.6 is 0 Å². The van der Waals surface area contributed by atoms with Gasteiger partial charge in [0.15, 0.2) is 11.6 Å². The Hall–Kier alpha value is -2.31. The van der Waals surface area contributed by atoms with E-state index in [1.807, 2.05) is 5.32 Å². The molecule has 1 heterocycles. The fraction of sp³-hybridized carbons (Fsp3) is 0.308. The number of nitrogens with one attached hydrogen (secondary N) is 1. The van der Waals surface area contributed by atoms with Crippen LogP contribution in [0.4, 0.5) is 19.3 Å². The quantitative estimate of drug-likeness (QED) is 0.841. The summed E-state index contributed by atoms with van der Waals surface area (Å²) >= 11 is 0. The first-order chi connectivity index (χ1) is 9.34. The van der Waals surface area contributed by atoms with E-state index in [0.717, 1.165) is 12.1 Å². The summed E-state index contributed by atoms with van der Waals surface area (Å²) in [7, 11) is 0. The molecule has 1 aliphatic rings. The summed E-state index contributed by atoms with van der Waals surface area (Å²) in [5, 5.41) is 1.97. The number of imide groups is 2. The van der Waals surface area contributed by atoms with Crippen LogP contribution in [-0.4, -0.2) is 17.8 Å². The minimum Gasteiger partial charge on any atom is -0.277 e. The molecule has 106 valence electrons. The molecule has 1 atom stereocenters. The molecule has 1 fully saturated rings. The molecule has 0 radical (unpaired) electrons. The van der Waals surface area contributed by atoms with Gasteiger partial charge in [0, 0.05) is 0 Å². The first-order valence-electron chi connectivity index (χ1n) is 5.97. The number of amides is 4. The van der Waals surface area contributed by atoms with Crippen molar-refractivity contribution in [2.45, 2.75) is 13.8 Å². The Labute approximate surface area is 113 Å². The topological polar surface area (TPSA) is 66.5 Å². The number of carbonyl (C=O) groups is 3. The van der Waals surface area contributed by atoms with Gasteiger partial charge in [-0.15, -0.1) is 0 Å². The molecule has 5 nitrogen and oxygen atoms in total. The van der Waals surface area contributed by atoms with Crippen LogP contribution in [0.5, 0.6) is 0 Å². The van der Waals surface area contributed by atoms with Gasteiger partial charge in [-0.3, -0.25) is 14.9 Å². The normalized spacial score (nSPS) is 19.6. The lowest BCUT2D eigenvalue weighted by molar-refractivity contribution is -0.136. The largest absolute Gasteiger partial charge is 0.335 e. The van der Waals surface area contributed by atoms with Gasteiger partial charge in [0.05, 0.1) is 5.69 Å². The summed E-state index contributed by atoms with van der Waals surface area (Å²) in [6, 6.07) is 2.07. The molecule has 7 heteroatoms. The second kappa shape index (κ2) is 4.99. The molecule has 1 aromatic carbocycles. The lowest BCUT2D eigenvalue weighted by Crippen LogP contribution is -2.59. The minimum atomic E-state index is -1.31. The van der Waals surface area contributed by atoms with E-state index >= 15 is 0 Å². The zero-order chi connectivity index (χ0) is 15.0. The number of urea groups is 1. The van der Waals surface area contributed by atoms with Crippen molar-refractivity contribution < 1.29 is 23.2 Å². The number of benzene rings is 1. The Balaban J connectivity index is 2.49. The number of halogens is 2. The Bertz CT molecular complexity index is 601. The molecule has 4 amide bonds. The van der Waals surface area contributed by atoms with Crippen molar-refractivity contribution >= 4 is 23.5 Å². The van der Waals surface area contributed by atoms with E-state index in [9.17, 15) is 23.2 Å². The van der Waals surface area contributed by atoms with E-state index in [-0.39, 0.29) is 5.92 Å². The predicted octanol–water partition coefficient (Wildman–Crippen LogP) is 1.82. The van der Waals surface area contributed by atoms with Crippen LogP contribution in [0.2, 0.25) is 0 Å². The average Bonchev–Trinajstić information content (AvgIpc) is 2.33. The van der Waals surface area contributed by atoms with Gasteiger partial charge in [-0.1, -0.05) is 19.9 Å². The maximum atomic E-state index is 13.7. The monoisotopic (exact) mass is 282 g/mol. The number of nitrogens with zero attached hydrogens (tertiary/aromatic N) is 1. The van der Waals surface area contributed by atoms with Crippen molar-refractivity contribution in [3.05, 3.63) is 29.8 Å². The summed E-state index contributed by atoms with van der Waals surface area (Å²) in [5.74, 6) is -5.58. The lowest BCUT2D eigenvalue weighted by Gasteiger charge is -2.31. The highest BCUT2D eigenvalue weighted by molar-refractivity contribution is 6.27. The van der Waals surface area contributed by atoms with Gasteiger partial charge in [0.25, 0.3) is 0 Å². The van der Waals surface area contributed by atoms with Gasteiger partial charge < -0.3 is 0 Å². The predicted molar refractivity (Wildman–Crippen MR) is 65.7 cm³/mol. The van der Waals surface area contributed by atoms with Crippen molar-refractivity contribution in [3.8, 4) is 0 Å². The third-order valence-electron chi connectivity index (χ3n) is 3.04. The maximum Gasteiger partial charge on any atom is 0.335 e. The maximum absolute atomic E-state index is 13.7. The molecular formula is C13H12F2N2O3. The van der Waals surface area contributed by atoms with Crippen LogP contribution in [0.25, 0.3) is 0 Å². The van der Waals surface area contributed by atoms with Gasteiger partial charge in [-0.05, 0) is 18.1 Å². The average molecular weight is 282 g/mol.